The molecule has 0 aliphatic heterocycles. The van der Waals surface area contributed by atoms with Crippen molar-refractivity contribution < 1.29 is 0 Å². The van der Waals surface area contributed by atoms with Crippen molar-refractivity contribution in [3.05, 3.63) is 29.6 Å². The highest BCUT2D eigenvalue weighted by Gasteiger charge is 2.12. The van der Waals surface area contributed by atoms with Crippen LogP contribution in [-0.4, -0.2) is 21.6 Å². The molecule has 1 atom stereocenters. The minimum atomic E-state index is 0.208. The number of nitrogens with zero attached hydrogens (tertiary/aromatic N) is 2. The van der Waals surface area contributed by atoms with Crippen LogP contribution >= 0.6 is 0 Å². The molecule has 0 aliphatic rings. The Kier molecular flexibility index (Phi) is 4.72. The third-order valence-electron chi connectivity index (χ3n) is 4.12. The summed E-state index contributed by atoms with van der Waals surface area (Å²) in [7, 11) is 0. The van der Waals surface area contributed by atoms with Crippen LogP contribution in [0.15, 0.2) is 18.5 Å². The van der Waals surface area contributed by atoms with Gasteiger partial charge in [-0.15, -0.1) is 0 Å². The minimum absolute atomic E-state index is 0.208. The van der Waals surface area contributed by atoms with Crippen molar-refractivity contribution in [3.8, 4) is 0 Å². The predicted octanol–water partition coefficient (Wildman–Crippen LogP) is 4.38. The molecule has 2 aromatic rings. The highest BCUT2D eigenvalue weighted by atomic mass is 15.1. The van der Waals surface area contributed by atoms with Crippen LogP contribution in [0.2, 0.25) is 0 Å². The van der Waals surface area contributed by atoms with Gasteiger partial charge in [0.2, 0.25) is 0 Å². The van der Waals surface area contributed by atoms with E-state index in [1.807, 2.05) is 6.33 Å². The second kappa shape index (κ2) is 6.18. The molecule has 0 saturated carbocycles. The lowest BCUT2D eigenvalue weighted by molar-refractivity contribution is 0.401. The number of fused-ring (bicyclic) bond motifs is 1. The van der Waals surface area contributed by atoms with Gasteiger partial charge in [-0.3, -0.25) is 0 Å². The standard InChI is InChI=1S/C18H29N3/c1-13-10-16-17(11-14(13)2)21(12-19-16)15(3)8-7-9-20-18(4,5)6/h10-12,15,20H,7-9H2,1-6H3. The maximum Gasteiger partial charge on any atom is 0.0960 e. The van der Waals surface area contributed by atoms with Crippen molar-refractivity contribution in [1.29, 1.82) is 0 Å². The van der Waals surface area contributed by atoms with Gasteiger partial charge < -0.3 is 9.88 Å². The lowest BCUT2D eigenvalue weighted by atomic mass is 10.1. The molecule has 3 heteroatoms. The second-order valence-corrected chi connectivity index (χ2v) is 7.25. The fourth-order valence-electron chi connectivity index (χ4n) is 2.63. The van der Waals surface area contributed by atoms with Crippen molar-refractivity contribution in [2.45, 2.75) is 66.0 Å². The van der Waals surface area contributed by atoms with Gasteiger partial charge in [-0.25, -0.2) is 4.98 Å². The number of aryl methyl sites for hydroxylation is 2. The molecule has 0 bridgehead atoms. The quantitative estimate of drug-likeness (QED) is 0.827. The Balaban J connectivity index is 2.03. The monoisotopic (exact) mass is 287 g/mol. The number of nitrogens with one attached hydrogen (secondary N) is 1. The Morgan fingerprint density at radius 1 is 1.19 bits per heavy atom. The zero-order chi connectivity index (χ0) is 15.6. The topological polar surface area (TPSA) is 29.9 Å². The molecular weight excluding hydrogens is 258 g/mol. The summed E-state index contributed by atoms with van der Waals surface area (Å²) in [6.45, 7) is 14.3. The summed E-state index contributed by atoms with van der Waals surface area (Å²) in [5.74, 6) is 0. The molecule has 0 fully saturated rings. The number of aromatic nitrogens is 2. The van der Waals surface area contributed by atoms with Crippen molar-refractivity contribution in [2.75, 3.05) is 6.54 Å². The Morgan fingerprint density at radius 3 is 2.52 bits per heavy atom. The molecule has 0 aliphatic carbocycles. The van der Waals surface area contributed by atoms with E-state index >= 15 is 0 Å². The van der Waals surface area contributed by atoms with E-state index in [1.54, 1.807) is 0 Å². The minimum Gasteiger partial charge on any atom is -0.328 e. The molecule has 21 heavy (non-hydrogen) atoms. The SMILES string of the molecule is Cc1cc2ncn(C(C)CCCNC(C)(C)C)c2cc1C. The van der Waals surface area contributed by atoms with Gasteiger partial charge in [0, 0.05) is 11.6 Å². The maximum absolute atomic E-state index is 4.56. The second-order valence-electron chi connectivity index (χ2n) is 7.25. The Hall–Kier alpha value is -1.35. The Morgan fingerprint density at radius 2 is 1.86 bits per heavy atom. The molecular formula is C18H29N3. The zero-order valence-corrected chi connectivity index (χ0v) is 14.3. The molecule has 116 valence electrons. The summed E-state index contributed by atoms with van der Waals surface area (Å²) in [6.07, 6.45) is 4.34. The van der Waals surface area contributed by atoms with Crippen LogP contribution in [0.4, 0.5) is 0 Å². The van der Waals surface area contributed by atoms with E-state index in [0.717, 1.165) is 12.1 Å². The van der Waals surface area contributed by atoms with Gasteiger partial charge in [0.25, 0.3) is 0 Å². The third-order valence-corrected chi connectivity index (χ3v) is 4.12. The van der Waals surface area contributed by atoms with Crippen LogP contribution in [0, 0.1) is 13.8 Å². The lowest BCUT2D eigenvalue weighted by Gasteiger charge is -2.21. The van der Waals surface area contributed by atoms with Crippen molar-refractivity contribution in [3.63, 3.8) is 0 Å². The molecule has 1 aromatic heterocycles. The molecule has 0 amide bonds. The molecule has 0 saturated heterocycles. The zero-order valence-electron chi connectivity index (χ0n) is 14.3. The van der Waals surface area contributed by atoms with Gasteiger partial charge in [0.05, 0.1) is 17.4 Å². The molecule has 1 N–H and O–H groups in total. The number of hydrogen-bond acceptors (Lipinski definition) is 2. The van der Waals surface area contributed by atoms with E-state index in [-0.39, 0.29) is 5.54 Å². The molecule has 0 spiro atoms. The number of benzene rings is 1. The first-order valence-corrected chi connectivity index (χ1v) is 7.97. The average Bonchev–Trinajstić information content (AvgIpc) is 2.77. The first kappa shape index (κ1) is 16.0. The molecule has 1 aromatic carbocycles. The first-order valence-electron chi connectivity index (χ1n) is 7.97. The predicted molar refractivity (Wildman–Crippen MR) is 90.9 cm³/mol. The summed E-state index contributed by atoms with van der Waals surface area (Å²) in [5.41, 5.74) is 5.23. The summed E-state index contributed by atoms with van der Waals surface area (Å²) >= 11 is 0. The molecule has 1 heterocycles. The van der Waals surface area contributed by atoms with Crippen LogP contribution in [0.5, 0.6) is 0 Å². The Labute approximate surface area is 128 Å². The fraction of sp³-hybridized carbons (Fsp3) is 0.611. The maximum atomic E-state index is 4.56. The van der Waals surface area contributed by atoms with Gasteiger partial charge in [-0.2, -0.15) is 0 Å². The molecule has 1 unspecified atom stereocenters. The highest BCUT2D eigenvalue weighted by Crippen LogP contribution is 2.23. The lowest BCUT2D eigenvalue weighted by Crippen LogP contribution is -2.36. The van der Waals surface area contributed by atoms with E-state index in [9.17, 15) is 0 Å². The third kappa shape index (κ3) is 4.07. The van der Waals surface area contributed by atoms with Gasteiger partial charge in [-0.1, -0.05) is 0 Å². The van der Waals surface area contributed by atoms with E-state index in [1.165, 1.54) is 29.5 Å². The van der Waals surface area contributed by atoms with E-state index < -0.39 is 0 Å². The largest absolute Gasteiger partial charge is 0.328 e. The number of rotatable bonds is 5. The van der Waals surface area contributed by atoms with Gasteiger partial charge in [0.1, 0.15) is 0 Å². The normalized spacial score (nSPS) is 13.8. The van der Waals surface area contributed by atoms with E-state index in [2.05, 4.69) is 68.5 Å². The molecule has 2 rings (SSSR count). The number of imidazole rings is 1. The van der Waals surface area contributed by atoms with Gasteiger partial charge >= 0.3 is 0 Å². The van der Waals surface area contributed by atoms with E-state index in [0.29, 0.717) is 6.04 Å². The number of hydrogen-bond donors (Lipinski definition) is 1. The van der Waals surface area contributed by atoms with Crippen molar-refractivity contribution in [2.24, 2.45) is 0 Å². The van der Waals surface area contributed by atoms with E-state index in [4.69, 9.17) is 0 Å². The molecule has 3 nitrogen and oxygen atoms in total. The van der Waals surface area contributed by atoms with Crippen LogP contribution in [0.1, 0.15) is 57.7 Å². The van der Waals surface area contributed by atoms with Crippen molar-refractivity contribution in [1.82, 2.24) is 14.9 Å². The van der Waals surface area contributed by atoms with Crippen molar-refractivity contribution >= 4 is 11.0 Å². The smallest absolute Gasteiger partial charge is 0.0960 e. The molecule has 0 radical (unpaired) electrons. The summed E-state index contributed by atoms with van der Waals surface area (Å²) < 4.78 is 2.32. The highest BCUT2D eigenvalue weighted by molar-refractivity contribution is 5.77. The Bertz CT molecular complexity index is 605. The summed E-state index contributed by atoms with van der Waals surface area (Å²) in [6, 6.07) is 4.94. The average molecular weight is 287 g/mol. The van der Waals surface area contributed by atoms with Crippen LogP contribution in [0.3, 0.4) is 0 Å². The summed E-state index contributed by atoms with van der Waals surface area (Å²) in [5, 5.41) is 3.55. The first-order chi connectivity index (χ1) is 9.78. The van der Waals surface area contributed by atoms with Gasteiger partial charge in [-0.05, 0) is 84.2 Å². The van der Waals surface area contributed by atoms with Gasteiger partial charge in [0.15, 0.2) is 0 Å². The van der Waals surface area contributed by atoms with Crippen LogP contribution in [-0.2, 0) is 0 Å². The summed E-state index contributed by atoms with van der Waals surface area (Å²) in [4.78, 5) is 4.56. The fourth-order valence-corrected chi connectivity index (χ4v) is 2.63. The van der Waals surface area contributed by atoms with Crippen LogP contribution in [0.25, 0.3) is 11.0 Å². The van der Waals surface area contributed by atoms with Crippen LogP contribution < -0.4 is 5.32 Å².